The van der Waals surface area contributed by atoms with E-state index in [9.17, 15) is 0 Å². The summed E-state index contributed by atoms with van der Waals surface area (Å²) in [5, 5.41) is 8.48. The smallest absolute Gasteiger partial charge is 0.0983 e. The lowest BCUT2D eigenvalue weighted by molar-refractivity contribution is 0.614. The van der Waals surface area contributed by atoms with Crippen molar-refractivity contribution in [3.63, 3.8) is 0 Å². The lowest BCUT2D eigenvalue weighted by atomic mass is 10.0. The zero-order valence-corrected chi connectivity index (χ0v) is 16.7. The SMILES string of the molecule is C[C@@H](CNCc1cn(Cc2ccccc2)nc1-c1cccnc1)c1ccccc1. The lowest BCUT2D eigenvalue weighted by Crippen LogP contribution is -2.19. The Morgan fingerprint density at radius 2 is 1.69 bits per heavy atom. The summed E-state index contributed by atoms with van der Waals surface area (Å²) in [4.78, 5) is 4.27. The Hall–Kier alpha value is -3.24. The van der Waals surface area contributed by atoms with Crippen LogP contribution in [0.2, 0.25) is 0 Å². The Labute approximate surface area is 172 Å². The van der Waals surface area contributed by atoms with Gasteiger partial charge < -0.3 is 5.32 Å². The third kappa shape index (κ3) is 4.98. The molecule has 0 aliphatic carbocycles. The summed E-state index contributed by atoms with van der Waals surface area (Å²) in [5.74, 6) is 0.456. The Kier molecular flexibility index (Phi) is 6.13. The normalized spacial score (nSPS) is 12.0. The van der Waals surface area contributed by atoms with Gasteiger partial charge in [-0.3, -0.25) is 9.67 Å². The fraction of sp³-hybridized carbons (Fsp3) is 0.200. The summed E-state index contributed by atoms with van der Waals surface area (Å²) in [6.45, 7) is 4.70. The van der Waals surface area contributed by atoms with E-state index >= 15 is 0 Å². The molecule has 0 radical (unpaired) electrons. The molecule has 4 aromatic rings. The van der Waals surface area contributed by atoms with E-state index in [1.165, 1.54) is 16.7 Å². The Balaban J connectivity index is 1.50. The molecule has 4 rings (SSSR count). The van der Waals surface area contributed by atoms with Gasteiger partial charge in [-0.25, -0.2) is 0 Å². The maximum atomic E-state index is 4.87. The molecule has 0 aliphatic heterocycles. The van der Waals surface area contributed by atoms with Gasteiger partial charge >= 0.3 is 0 Å². The first kappa shape index (κ1) is 19.1. The van der Waals surface area contributed by atoms with E-state index in [-0.39, 0.29) is 0 Å². The summed E-state index contributed by atoms with van der Waals surface area (Å²) >= 11 is 0. The number of hydrogen-bond donors (Lipinski definition) is 1. The highest BCUT2D eigenvalue weighted by atomic mass is 15.3. The van der Waals surface area contributed by atoms with Gasteiger partial charge in [0.15, 0.2) is 0 Å². The molecule has 0 fully saturated rings. The van der Waals surface area contributed by atoms with Crippen molar-refractivity contribution in [2.24, 2.45) is 0 Å². The average molecular weight is 383 g/mol. The zero-order valence-electron chi connectivity index (χ0n) is 16.7. The summed E-state index contributed by atoms with van der Waals surface area (Å²) in [7, 11) is 0. The average Bonchev–Trinajstić information content (AvgIpc) is 3.18. The van der Waals surface area contributed by atoms with E-state index in [0.29, 0.717) is 5.92 Å². The van der Waals surface area contributed by atoms with Crippen LogP contribution in [0.3, 0.4) is 0 Å². The maximum absolute atomic E-state index is 4.87. The van der Waals surface area contributed by atoms with Crippen LogP contribution in [0.4, 0.5) is 0 Å². The van der Waals surface area contributed by atoms with Crippen LogP contribution in [-0.2, 0) is 13.1 Å². The van der Waals surface area contributed by atoms with Crippen molar-refractivity contribution in [3.05, 3.63) is 108 Å². The van der Waals surface area contributed by atoms with Crippen LogP contribution < -0.4 is 5.32 Å². The van der Waals surface area contributed by atoms with Crippen LogP contribution in [0.1, 0.15) is 29.5 Å². The Bertz CT molecular complexity index is 1010. The van der Waals surface area contributed by atoms with Crippen molar-refractivity contribution >= 4 is 0 Å². The van der Waals surface area contributed by atoms with Gasteiger partial charge in [0, 0.05) is 42.8 Å². The van der Waals surface area contributed by atoms with Gasteiger partial charge in [-0.1, -0.05) is 67.6 Å². The molecule has 0 bridgehead atoms. The lowest BCUT2D eigenvalue weighted by Gasteiger charge is -2.13. The Morgan fingerprint density at radius 1 is 0.931 bits per heavy atom. The van der Waals surface area contributed by atoms with Gasteiger partial charge in [0.25, 0.3) is 0 Å². The molecule has 0 saturated heterocycles. The Morgan fingerprint density at radius 3 is 2.41 bits per heavy atom. The van der Waals surface area contributed by atoms with Gasteiger partial charge in [-0.05, 0) is 29.2 Å². The number of rotatable bonds is 8. The molecule has 4 heteroatoms. The first-order valence-corrected chi connectivity index (χ1v) is 10.1. The van der Waals surface area contributed by atoms with Gasteiger partial charge in [-0.2, -0.15) is 5.10 Å². The number of pyridine rings is 1. The minimum absolute atomic E-state index is 0.456. The van der Waals surface area contributed by atoms with Crippen molar-refractivity contribution < 1.29 is 0 Å². The number of nitrogens with one attached hydrogen (secondary N) is 1. The topological polar surface area (TPSA) is 42.7 Å². The summed E-state index contributed by atoms with van der Waals surface area (Å²) in [6.07, 6.45) is 5.82. The van der Waals surface area contributed by atoms with E-state index in [4.69, 9.17) is 5.10 Å². The van der Waals surface area contributed by atoms with E-state index in [0.717, 1.165) is 30.9 Å². The van der Waals surface area contributed by atoms with Crippen LogP contribution >= 0.6 is 0 Å². The molecular formula is C25H26N4. The standard InChI is InChI=1S/C25H26N4/c1-20(22-11-6-3-7-12-22)15-27-17-24-19-29(18-21-9-4-2-5-10-21)28-25(24)23-13-8-14-26-16-23/h2-14,16,19-20,27H,15,17-18H2,1H3/t20-/m0/s1. The van der Waals surface area contributed by atoms with Crippen LogP contribution in [0.25, 0.3) is 11.3 Å². The summed E-state index contributed by atoms with van der Waals surface area (Å²) in [6, 6.07) is 25.1. The van der Waals surface area contributed by atoms with Crippen molar-refractivity contribution in [1.29, 1.82) is 0 Å². The van der Waals surface area contributed by atoms with Gasteiger partial charge in [0.2, 0.25) is 0 Å². The highest BCUT2D eigenvalue weighted by Gasteiger charge is 2.12. The molecule has 1 atom stereocenters. The second-order valence-electron chi connectivity index (χ2n) is 7.37. The highest BCUT2D eigenvalue weighted by molar-refractivity contribution is 5.61. The predicted octanol–water partition coefficient (Wildman–Crippen LogP) is 4.89. The highest BCUT2D eigenvalue weighted by Crippen LogP contribution is 2.22. The number of benzene rings is 2. The predicted molar refractivity (Wildman–Crippen MR) is 118 cm³/mol. The number of aromatic nitrogens is 3. The van der Waals surface area contributed by atoms with Crippen molar-refractivity contribution in [3.8, 4) is 11.3 Å². The summed E-state index contributed by atoms with van der Waals surface area (Å²) < 4.78 is 2.02. The van der Waals surface area contributed by atoms with Crippen molar-refractivity contribution in [2.75, 3.05) is 6.54 Å². The molecule has 0 aliphatic rings. The molecule has 0 spiro atoms. The van der Waals surface area contributed by atoms with Crippen molar-refractivity contribution in [1.82, 2.24) is 20.1 Å². The number of hydrogen-bond acceptors (Lipinski definition) is 3. The van der Waals surface area contributed by atoms with E-state index in [1.807, 2.05) is 23.0 Å². The van der Waals surface area contributed by atoms with Crippen LogP contribution in [-0.4, -0.2) is 21.3 Å². The first-order valence-electron chi connectivity index (χ1n) is 10.1. The molecule has 0 saturated carbocycles. The van der Waals surface area contributed by atoms with Crippen LogP contribution in [0.5, 0.6) is 0 Å². The third-order valence-electron chi connectivity index (χ3n) is 5.09. The van der Waals surface area contributed by atoms with Crippen molar-refractivity contribution in [2.45, 2.75) is 25.9 Å². The molecule has 4 nitrogen and oxygen atoms in total. The summed E-state index contributed by atoms with van der Waals surface area (Å²) in [5.41, 5.74) is 5.83. The molecule has 2 heterocycles. The quantitative estimate of drug-likeness (QED) is 0.472. The molecule has 0 unspecified atom stereocenters. The molecule has 1 N–H and O–H groups in total. The first-order chi connectivity index (χ1) is 14.3. The fourth-order valence-corrected chi connectivity index (χ4v) is 3.51. The largest absolute Gasteiger partial charge is 0.312 e. The van der Waals surface area contributed by atoms with E-state index < -0.39 is 0 Å². The minimum Gasteiger partial charge on any atom is -0.312 e. The van der Waals surface area contributed by atoms with Gasteiger partial charge in [-0.15, -0.1) is 0 Å². The second kappa shape index (κ2) is 9.30. The third-order valence-corrected chi connectivity index (χ3v) is 5.09. The maximum Gasteiger partial charge on any atom is 0.0983 e. The molecular weight excluding hydrogens is 356 g/mol. The second-order valence-corrected chi connectivity index (χ2v) is 7.37. The fourth-order valence-electron chi connectivity index (χ4n) is 3.51. The van der Waals surface area contributed by atoms with Gasteiger partial charge in [0.05, 0.1) is 12.2 Å². The van der Waals surface area contributed by atoms with Crippen LogP contribution in [0.15, 0.2) is 91.4 Å². The van der Waals surface area contributed by atoms with E-state index in [2.05, 4.69) is 84.1 Å². The van der Waals surface area contributed by atoms with Gasteiger partial charge in [0.1, 0.15) is 0 Å². The molecule has 0 amide bonds. The molecule has 2 aromatic heterocycles. The van der Waals surface area contributed by atoms with Crippen LogP contribution in [0, 0.1) is 0 Å². The molecule has 146 valence electrons. The van der Waals surface area contributed by atoms with E-state index in [1.54, 1.807) is 6.20 Å². The minimum atomic E-state index is 0.456. The molecule has 29 heavy (non-hydrogen) atoms. The number of nitrogens with zero attached hydrogens (tertiary/aromatic N) is 3. The molecule has 2 aromatic carbocycles. The zero-order chi connectivity index (χ0) is 19.9. The monoisotopic (exact) mass is 382 g/mol.